The Balaban J connectivity index is 2.61. The van der Waals surface area contributed by atoms with Gasteiger partial charge in [-0.3, -0.25) is 10.1 Å². The predicted molar refractivity (Wildman–Crippen MR) is 79.9 cm³/mol. The number of hydrogen-bond acceptors (Lipinski definition) is 2. The van der Waals surface area contributed by atoms with Gasteiger partial charge in [0.2, 0.25) is 5.91 Å². The van der Waals surface area contributed by atoms with E-state index >= 15 is 0 Å². The van der Waals surface area contributed by atoms with Gasteiger partial charge in [-0.2, -0.15) is 0 Å². The van der Waals surface area contributed by atoms with Crippen LogP contribution in [0.25, 0.3) is 0 Å². The number of carbonyl (C=O) groups excluding carboxylic acids is 1. The molecular weight excluding hydrogens is 255 g/mol. The van der Waals surface area contributed by atoms with Crippen LogP contribution in [0.3, 0.4) is 0 Å². The van der Waals surface area contributed by atoms with E-state index < -0.39 is 0 Å². The summed E-state index contributed by atoms with van der Waals surface area (Å²) < 4.78 is 13.2. The molecule has 1 rings (SSSR count). The molecule has 3 nitrogen and oxygen atoms in total. The van der Waals surface area contributed by atoms with Crippen LogP contribution in [0.15, 0.2) is 24.3 Å². The highest BCUT2D eigenvalue weighted by molar-refractivity contribution is 5.82. The number of hydrogen-bond donors (Lipinski definition) is 2. The number of nitrogens with one attached hydrogen (secondary N) is 2. The first-order chi connectivity index (χ1) is 9.25. The van der Waals surface area contributed by atoms with E-state index in [-0.39, 0.29) is 29.3 Å². The summed E-state index contributed by atoms with van der Waals surface area (Å²) in [7, 11) is 0. The Morgan fingerprint density at radius 1 is 1.35 bits per heavy atom. The van der Waals surface area contributed by atoms with E-state index in [4.69, 9.17) is 0 Å². The van der Waals surface area contributed by atoms with Gasteiger partial charge in [0.05, 0.1) is 6.04 Å². The summed E-state index contributed by atoms with van der Waals surface area (Å²) in [6.45, 7) is 9.76. The minimum Gasteiger partial charge on any atom is -0.350 e. The SMILES string of the molecule is CCC(C)(C)NC(=O)C(C)N[C@H](C)c1cccc(F)c1. The third-order valence-electron chi connectivity index (χ3n) is 3.59. The third kappa shape index (κ3) is 4.93. The van der Waals surface area contributed by atoms with Gasteiger partial charge in [-0.25, -0.2) is 4.39 Å². The Bertz CT molecular complexity index is 460. The van der Waals surface area contributed by atoms with Crippen LogP contribution in [-0.2, 0) is 4.79 Å². The second-order valence-corrected chi connectivity index (χ2v) is 5.89. The molecule has 1 aromatic rings. The summed E-state index contributed by atoms with van der Waals surface area (Å²) in [4.78, 5) is 12.1. The summed E-state index contributed by atoms with van der Waals surface area (Å²) >= 11 is 0. The van der Waals surface area contributed by atoms with Crippen molar-refractivity contribution in [3.8, 4) is 0 Å². The molecule has 0 aliphatic heterocycles. The fourth-order valence-electron chi connectivity index (χ4n) is 1.85. The zero-order chi connectivity index (χ0) is 15.3. The Morgan fingerprint density at radius 2 is 2.00 bits per heavy atom. The molecule has 4 heteroatoms. The maximum absolute atomic E-state index is 13.2. The molecule has 0 fully saturated rings. The fraction of sp³-hybridized carbons (Fsp3) is 0.562. The second kappa shape index (κ2) is 6.84. The standard InChI is InChI=1S/C16H25FN2O/c1-6-16(4,5)19-15(20)12(3)18-11(2)13-8-7-9-14(17)10-13/h7-12,18H,6H2,1-5H3,(H,19,20)/t11-,12?/m1/s1. The van der Waals surface area contributed by atoms with Gasteiger partial charge >= 0.3 is 0 Å². The van der Waals surface area contributed by atoms with Gasteiger partial charge in [0.15, 0.2) is 0 Å². The van der Waals surface area contributed by atoms with Crippen LogP contribution >= 0.6 is 0 Å². The van der Waals surface area contributed by atoms with Gasteiger partial charge in [0.25, 0.3) is 0 Å². The average molecular weight is 280 g/mol. The Labute approximate surface area is 121 Å². The van der Waals surface area contributed by atoms with Gasteiger partial charge in [-0.15, -0.1) is 0 Å². The number of rotatable bonds is 6. The molecule has 0 aliphatic rings. The van der Waals surface area contributed by atoms with Gasteiger partial charge in [-0.1, -0.05) is 19.1 Å². The van der Waals surface area contributed by atoms with E-state index in [9.17, 15) is 9.18 Å². The maximum atomic E-state index is 13.2. The van der Waals surface area contributed by atoms with E-state index in [1.165, 1.54) is 12.1 Å². The van der Waals surface area contributed by atoms with Crippen LogP contribution in [0.5, 0.6) is 0 Å². The number of benzene rings is 1. The quantitative estimate of drug-likeness (QED) is 0.840. The largest absolute Gasteiger partial charge is 0.350 e. The van der Waals surface area contributed by atoms with Crippen molar-refractivity contribution in [2.24, 2.45) is 0 Å². The lowest BCUT2D eigenvalue weighted by molar-refractivity contribution is -0.124. The molecule has 0 aliphatic carbocycles. The van der Waals surface area contributed by atoms with Crippen molar-refractivity contribution >= 4 is 5.91 Å². The van der Waals surface area contributed by atoms with Crippen molar-refractivity contribution in [3.63, 3.8) is 0 Å². The van der Waals surface area contributed by atoms with Crippen molar-refractivity contribution in [3.05, 3.63) is 35.6 Å². The highest BCUT2D eigenvalue weighted by Gasteiger charge is 2.22. The maximum Gasteiger partial charge on any atom is 0.237 e. The molecular formula is C16H25FN2O. The topological polar surface area (TPSA) is 41.1 Å². The molecule has 1 aromatic carbocycles. The molecule has 0 spiro atoms. The molecule has 0 heterocycles. The minimum absolute atomic E-state index is 0.0416. The van der Waals surface area contributed by atoms with E-state index in [2.05, 4.69) is 10.6 Å². The highest BCUT2D eigenvalue weighted by atomic mass is 19.1. The average Bonchev–Trinajstić information content (AvgIpc) is 2.38. The van der Waals surface area contributed by atoms with E-state index in [0.29, 0.717) is 0 Å². The molecule has 2 atom stereocenters. The number of halogens is 1. The first-order valence-corrected chi connectivity index (χ1v) is 7.08. The zero-order valence-corrected chi connectivity index (χ0v) is 13.0. The van der Waals surface area contributed by atoms with Gasteiger partial charge in [0, 0.05) is 11.6 Å². The van der Waals surface area contributed by atoms with Crippen LogP contribution in [0.4, 0.5) is 4.39 Å². The Kier molecular flexibility index (Phi) is 5.69. The van der Waals surface area contributed by atoms with Crippen LogP contribution in [-0.4, -0.2) is 17.5 Å². The van der Waals surface area contributed by atoms with Gasteiger partial charge < -0.3 is 5.32 Å². The molecule has 0 aromatic heterocycles. The smallest absolute Gasteiger partial charge is 0.237 e. The molecule has 0 bridgehead atoms. The Morgan fingerprint density at radius 3 is 2.55 bits per heavy atom. The monoisotopic (exact) mass is 280 g/mol. The number of amides is 1. The first kappa shape index (κ1) is 16.6. The van der Waals surface area contributed by atoms with Crippen LogP contribution in [0, 0.1) is 5.82 Å². The van der Waals surface area contributed by atoms with E-state index in [0.717, 1.165) is 12.0 Å². The molecule has 0 saturated carbocycles. The minimum atomic E-state index is -0.334. The van der Waals surface area contributed by atoms with Crippen LogP contribution in [0.2, 0.25) is 0 Å². The summed E-state index contributed by atoms with van der Waals surface area (Å²) in [6.07, 6.45) is 0.866. The molecule has 1 amide bonds. The summed E-state index contributed by atoms with van der Waals surface area (Å²) in [5.41, 5.74) is 0.620. The molecule has 2 N–H and O–H groups in total. The normalized spacial score (nSPS) is 14.7. The lowest BCUT2D eigenvalue weighted by Crippen LogP contribution is -2.51. The lowest BCUT2D eigenvalue weighted by atomic mass is 10.0. The van der Waals surface area contributed by atoms with Crippen molar-refractivity contribution < 1.29 is 9.18 Å². The van der Waals surface area contributed by atoms with Crippen LogP contribution < -0.4 is 10.6 Å². The second-order valence-electron chi connectivity index (χ2n) is 5.89. The highest BCUT2D eigenvalue weighted by Crippen LogP contribution is 2.14. The summed E-state index contributed by atoms with van der Waals surface area (Å²) in [6, 6.07) is 6.00. The zero-order valence-electron chi connectivity index (χ0n) is 13.0. The molecule has 20 heavy (non-hydrogen) atoms. The fourth-order valence-corrected chi connectivity index (χ4v) is 1.85. The van der Waals surface area contributed by atoms with Gasteiger partial charge in [0.1, 0.15) is 5.82 Å². The molecule has 112 valence electrons. The lowest BCUT2D eigenvalue weighted by Gasteiger charge is -2.28. The van der Waals surface area contributed by atoms with Crippen molar-refractivity contribution in [2.75, 3.05) is 0 Å². The summed E-state index contributed by atoms with van der Waals surface area (Å²) in [5, 5.41) is 6.19. The van der Waals surface area contributed by atoms with Crippen molar-refractivity contribution in [1.82, 2.24) is 10.6 Å². The third-order valence-corrected chi connectivity index (χ3v) is 3.59. The predicted octanol–water partition coefficient (Wildman–Crippen LogP) is 3.17. The molecule has 0 radical (unpaired) electrons. The van der Waals surface area contributed by atoms with Gasteiger partial charge in [-0.05, 0) is 51.8 Å². The molecule has 0 saturated heterocycles. The summed E-state index contributed by atoms with van der Waals surface area (Å²) in [5.74, 6) is -0.305. The van der Waals surface area contributed by atoms with Crippen molar-refractivity contribution in [1.29, 1.82) is 0 Å². The molecule has 1 unspecified atom stereocenters. The van der Waals surface area contributed by atoms with Crippen LogP contribution in [0.1, 0.15) is 52.6 Å². The first-order valence-electron chi connectivity index (χ1n) is 7.08. The van der Waals surface area contributed by atoms with Crippen molar-refractivity contribution in [2.45, 2.75) is 58.7 Å². The Hall–Kier alpha value is -1.42. The van der Waals surface area contributed by atoms with E-state index in [1.54, 1.807) is 6.07 Å². The number of carbonyl (C=O) groups is 1. The van der Waals surface area contributed by atoms with E-state index in [1.807, 2.05) is 40.7 Å².